The first kappa shape index (κ1) is 24.9. The molecule has 3 aromatic rings. The summed E-state index contributed by atoms with van der Waals surface area (Å²) in [6.07, 6.45) is 6.82. The van der Waals surface area contributed by atoms with Crippen molar-refractivity contribution in [3.63, 3.8) is 0 Å². The summed E-state index contributed by atoms with van der Waals surface area (Å²) in [5, 5.41) is 16.4. The van der Waals surface area contributed by atoms with Crippen LogP contribution in [0.15, 0.2) is 83.4 Å². The Morgan fingerprint density at radius 3 is 2.26 bits per heavy atom. The summed E-state index contributed by atoms with van der Waals surface area (Å²) in [5.41, 5.74) is 0.719. The summed E-state index contributed by atoms with van der Waals surface area (Å²) in [6.45, 7) is 6.80. The number of ether oxygens (including phenoxy) is 1. The van der Waals surface area contributed by atoms with Crippen LogP contribution in [0, 0.1) is 5.92 Å². The van der Waals surface area contributed by atoms with Gasteiger partial charge in [0.2, 0.25) is 0 Å². The molecule has 4 heterocycles. The minimum absolute atomic E-state index is 0. The van der Waals surface area contributed by atoms with Crippen LogP contribution < -0.4 is 17.0 Å². The molecule has 0 spiro atoms. The summed E-state index contributed by atoms with van der Waals surface area (Å²) in [4.78, 5) is 0. The molecule has 3 fully saturated rings. The minimum Gasteiger partial charge on any atom is -1.00 e. The van der Waals surface area contributed by atoms with Gasteiger partial charge in [-0.3, -0.25) is 0 Å². The third-order valence-electron chi connectivity index (χ3n) is 7.49. The highest BCUT2D eigenvalue weighted by Gasteiger charge is 2.47. The number of hydrogen-bond donors (Lipinski definition) is 1. The van der Waals surface area contributed by atoms with Gasteiger partial charge >= 0.3 is 0 Å². The van der Waals surface area contributed by atoms with E-state index in [2.05, 4.69) is 11.2 Å². The number of hydrogen-bond acceptors (Lipinski definition) is 4. The van der Waals surface area contributed by atoms with Gasteiger partial charge in [0.1, 0.15) is 24.9 Å². The molecule has 34 heavy (non-hydrogen) atoms. The molecule has 6 rings (SSSR count). The van der Waals surface area contributed by atoms with Crippen LogP contribution in [0.2, 0.25) is 0 Å². The quantitative estimate of drug-likeness (QED) is 0.359. The zero-order valence-corrected chi connectivity index (χ0v) is 21.2. The standard InChI is InChI=1S/C28H33N2O3.BrH/c1-2-3-18-32-26-21-30(16-14-22(26)15-17-30)20-25-19-27(29-33-25)28(31,23-10-6-4-7-11-23)24-12-8-5-9-13-24;/h2-13,19,22,26,31H,14-18,20-21H2,1H3;1H/q+1;/p-1/b3-2+;/t22?,26-,30?;/m0./s1. The van der Waals surface area contributed by atoms with E-state index < -0.39 is 5.60 Å². The first-order valence-electron chi connectivity index (χ1n) is 12.0. The van der Waals surface area contributed by atoms with Crippen LogP contribution >= 0.6 is 0 Å². The number of fused-ring (bicyclic) bond motifs is 3. The van der Waals surface area contributed by atoms with E-state index in [0.717, 1.165) is 47.5 Å². The Bertz CT molecular complexity index is 1040. The molecule has 0 saturated carbocycles. The first-order chi connectivity index (χ1) is 16.1. The number of rotatable bonds is 8. The Kier molecular flexibility index (Phi) is 7.73. The van der Waals surface area contributed by atoms with Gasteiger partial charge < -0.3 is 35.8 Å². The Labute approximate surface area is 212 Å². The first-order valence-corrected chi connectivity index (χ1v) is 12.0. The highest BCUT2D eigenvalue weighted by Crippen LogP contribution is 2.39. The molecule has 3 aliphatic rings. The van der Waals surface area contributed by atoms with Crippen molar-refractivity contribution in [1.29, 1.82) is 0 Å². The fraction of sp³-hybridized carbons (Fsp3) is 0.393. The lowest BCUT2D eigenvalue weighted by Crippen LogP contribution is -3.00. The van der Waals surface area contributed by atoms with Crippen molar-refractivity contribution in [2.24, 2.45) is 5.92 Å². The molecule has 2 bridgehead atoms. The van der Waals surface area contributed by atoms with Crippen LogP contribution in [0.4, 0.5) is 0 Å². The molecule has 1 atom stereocenters. The maximum atomic E-state index is 12.0. The van der Waals surface area contributed by atoms with Gasteiger partial charge in [0.25, 0.3) is 0 Å². The van der Waals surface area contributed by atoms with Gasteiger partial charge in [-0.25, -0.2) is 0 Å². The van der Waals surface area contributed by atoms with Crippen LogP contribution in [0.25, 0.3) is 0 Å². The predicted molar refractivity (Wildman–Crippen MR) is 127 cm³/mol. The molecule has 5 nitrogen and oxygen atoms in total. The van der Waals surface area contributed by atoms with Crippen molar-refractivity contribution in [2.75, 3.05) is 26.2 Å². The second kappa shape index (κ2) is 10.6. The molecule has 0 amide bonds. The van der Waals surface area contributed by atoms with Crippen molar-refractivity contribution >= 4 is 0 Å². The molecule has 0 aliphatic carbocycles. The fourth-order valence-corrected chi connectivity index (χ4v) is 5.62. The summed E-state index contributed by atoms with van der Waals surface area (Å²) in [6, 6.07) is 21.4. The van der Waals surface area contributed by atoms with Crippen LogP contribution in [-0.4, -0.2) is 47.1 Å². The van der Waals surface area contributed by atoms with Gasteiger partial charge in [-0.2, -0.15) is 0 Å². The van der Waals surface area contributed by atoms with Crippen LogP contribution in [0.1, 0.15) is 42.3 Å². The van der Waals surface area contributed by atoms with E-state index in [1.54, 1.807) is 0 Å². The van der Waals surface area contributed by atoms with Crippen molar-refractivity contribution < 1.29 is 35.8 Å². The van der Waals surface area contributed by atoms with Gasteiger partial charge in [0, 0.05) is 24.8 Å². The molecule has 0 unspecified atom stereocenters. The number of aromatic nitrogens is 1. The monoisotopic (exact) mass is 524 g/mol. The Balaban J connectivity index is 0.00000274. The number of nitrogens with zero attached hydrogens (tertiary/aromatic N) is 2. The number of quaternary nitrogens is 1. The number of piperidine rings is 3. The molecule has 3 saturated heterocycles. The third kappa shape index (κ3) is 4.78. The smallest absolute Gasteiger partial charge is 0.191 e. The highest BCUT2D eigenvalue weighted by molar-refractivity contribution is 5.44. The third-order valence-corrected chi connectivity index (χ3v) is 7.49. The highest BCUT2D eigenvalue weighted by atomic mass is 79.9. The second-order valence-corrected chi connectivity index (χ2v) is 9.53. The average Bonchev–Trinajstić information content (AvgIpc) is 3.34. The number of benzene rings is 2. The summed E-state index contributed by atoms with van der Waals surface area (Å²) < 4.78 is 13.0. The molecule has 0 radical (unpaired) electrons. The molecular weight excluding hydrogens is 492 g/mol. The maximum absolute atomic E-state index is 12.0. The lowest BCUT2D eigenvalue weighted by molar-refractivity contribution is -0.959. The van der Waals surface area contributed by atoms with Crippen molar-refractivity contribution in [3.8, 4) is 0 Å². The molecule has 2 aromatic carbocycles. The molecule has 1 aromatic heterocycles. The summed E-state index contributed by atoms with van der Waals surface area (Å²) >= 11 is 0. The van der Waals surface area contributed by atoms with Crippen molar-refractivity contribution in [2.45, 2.75) is 38.0 Å². The normalized spacial score (nSPS) is 24.3. The van der Waals surface area contributed by atoms with Crippen LogP contribution in [0.3, 0.4) is 0 Å². The Morgan fingerprint density at radius 1 is 1.06 bits per heavy atom. The van der Waals surface area contributed by atoms with Crippen LogP contribution in [0.5, 0.6) is 0 Å². The number of halogens is 1. The maximum Gasteiger partial charge on any atom is 0.191 e. The SMILES string of the molecule is C/C=C/CO[C@H]1C[N+]2(Cc3cc(C(O)(c4ccccc4)c4ccccc4)no3)CCC1CC2.[Br-]. The van der Waals surface area contributed by atoms with Crippen molar-refractivity contribution in [1.82, 2.24) is 5.16 Å². The summed E-state index contributed by atoms with van der Waals surface area (Å²) in [5.74, 6) is 1.49. The Morgan fingerprint density at radius 2 is 1.68 bits per heavy atom. The van der Waals surface area contributed by atoms with E-state index in [9.17, 15) is 5.11 Å². The molecule has 1 N–H and O–H groups in total. The zero-order chi connectivity index (χ0) is 22.7. The molecule has 3 aliphatic heterocycles. The van der Waals surface area contributed by atoms with E-state index in [1.165, 1.54) is 12.8 Å². The Hall–Kier alpha value is -2.25. The van der Waals surface area contributed by atoms with Crippen LogP contribution in [-0.2, 0) is 16.9 Å². The van der Waals surface area contributed by atoms with Gasteiger partial charge in [-0.15, -0.1) is 0 Å². The number of aliphatic hydroxyl groups is 1. The lowest BCUT2D eigenvalue weighted by Gasteiger charge is -2.51. The number of allylic oxidation sites excluding steroid dienone is 1. The fourth-order valence-electron chi connectivity index (χ4n) is 5.62. The van der Waals surface area contributed by atoms with Crippen molar-refractivity contribution in [3.05, 3.63) is 101 Å². The van der Waals surface area contributed by atoms with E-state index >= 15 is 0 Å². The molecule has 6 heteroatoms. The van der Waals surface area contributed by atoms with E-state index in [1.807, 2.05) is 79.7 Å². The average molecular weight is 525 g/mol. The van der Waals surface area contributed by atoms with Gasteiger partial charge in [0.05, 0.1) is 19.7 Å². The van der Waals surface area contributed by atoms with Gasteiger partial charge in [0.15, 0.2) is 11.4 Å². The van der Waals surface area contributed by atoms with Gasteiger partial charge in [-0.1, -0.05) is 78.0 Å². The molecule has 180 valence electrons. The van der Waals surface area contributed by atoms with E-state index in [0.29, 0.717) is 24.3 Å². The zero-order valence-electron chi connectivity index (χ0n) is 19.6. The van der Waals surface area contributed by atoms with E-state index in [4.69, 9.17) is 9.26 Å². The predicted octanol–water partition coefficient (Wildman–Crippen LogP) is 1.66. The minimum atomic E-state index is -1.36. The topological polar surface area (TPSA) is 55.5 Å². The largest absolute Gasteiger partial charge is 1.00 e. The molecular formula is C28H33BrN2O3. The second-order valence-electron chi connectivity index (χ2n) is 9.53. The van der Waals surface area contributed by atoms with E-state index in [-0.39, 0.29) is 17.0 Å². The summed E-state index contributed by atoms with van der Waals surface area (Å²) in [7, 11) is 0. The van der Waals surface area contributed by atoms with Gasteiger partial charge in [-0.05, 0) is 18.1 Å². The lowest BCUT2D eigenvalue weighted by atomic mass is 9.82.